The maximum absolute atomic E-state index is 4.02. The summed E-state index contributed by atoms with van der Waals surface area (Å²) in [6.07, 6.45) is 10.4. The van der Waals surface area contributed by atoms with Crippen molar-refractivity contribution in [2.45, 2.75) is 25.9 Å². The maximum atomic E-state index is 4.02. The minimum Gasteiger partial charge on any atom is -0.337 e. The average molecular weight is 230 g/mol. The van der Waals surface area contributed by atoms with Crippen LogP contribution in [0.25, 0.3) is 0 Å². The third-order valence-corrected chi connectivity index (χ3v) is 2.81. The first-order valence-corrected chi connectivity index (χ1v) is 5.95. The van der Waals surface area contributed by atoms with Gasteiger partial charge in [-0.25, -0.2) is 4.98 Å². The Morgan fingerprint density at radius 2 is 2.06 bits per heavy atom. The van der Waals surface area contributed by atoms with Crippen molar-refractivity contribution in [1.82, 2.24) is 19.9 Å². The van der Waals surface area contributed by atoms with E-state index in [0.29, 0.717) is 6.04 Å². The number of aryl methyl sites for hydroxylation is 1. The summed E-state index contributed by atoms with van der Waals surface area (Å²) in [7, 11) is 0. The molecule has 1 atom stereocenters. The van der Waals surface area contributed by atoms with Gasteiger partial charge in [0, 0.05) is 37.4 Å². The van der Waals surface area contributed by atoms with Gasteiger partial charge in [0.15, 0.2) is 0 Å². The van der Waals surface area contributed by atoms with Gasteiger partial charge in [0.1, 0.15) is 0 Å². The minimum absolute atomic E-state index is 0.376. The predicted molar refractivity (Wildman–Crippen MR) is 67.5 cm³/mol. The molecule has 0 aliphatic carbocycles. The van der Waals surface area contributed by atoms with Gasteiger partial charge >= 0.3 is 0 Å². The first kappa shape index (κ1) is 11.8. The lowest BCUT2D eigenvalue weighted by Gasteiger charge is -2.13. The normalized spacial score (nSPS) is 12.5. The minimum atomic E-state index is 0.376. The van der Waals surface area contributed by atoms with Crippen molar-refractivity contribution in [2.75, 3.05) is 6.54 Å². The number of imidazole rings is 1. The number of nitrogens with zero attached hydrogens (tertiary/aromatic N) is 3. The van der Waals surface area contributed by atoms with E-state index in [4.69, 9.17) is 0 Å². The molecule has 0 aliphatic heterocycles. The van der Waals surface area contributed by atoms with Crippen LogP contribution in [0.2, 0.25) is 0 Å². The van der Waals surface area contributed by atoms with Crippen LogP contribution in [0.4, 0.5) is 0 Å². The molecular formula is C13H18N4. The van der Waals surface area contributed by atoms with Crippen LogP contribution < -0.4 is 5.32 Å². The fourth-order valence-corrected chi connectivity index (χ4v) is 1.77. The van der Waals surface area contributed by atoms with Crippen molar-refractivity contribution in [1.29, 1.82) is 0 Å². The largest absolute Gasteiger partial charge is 0.337 e. The van der Waals surface area contributed by atoms with E-state index in [0.717, 1.165) is 19.5 Å². The van der Waals surface area contributed by atoms with Gasteiger partial charge in [-0.3, -0.25) is 4.98 Å². The molecule has 2 aromatic heterocycles. The second-order valence-electron chi connectivity index (χ2n) is 4.11. The highest BCUT2D eigenvalue weighted by Crippen LogP contribution is 2.09. The zero-order chi connectivity index (χ0) is 11.9. The summed E-state index contributed by atoms with van der Waals surface area (Å²) < 4.78 is 2.10. The molecule has 0 fully saturated rings. The van der Waals surface area contributed by atoms with Gasteiger partial charge in [-0.2, -0.15) is 0 Å². The molecule has 0 saturated heterocycles. The molecule has 0 aliphatic rings. The Labute approximate surface area is 102 Å². The number of nitrogens with one attached hydrogen (secondary N) is 1. The van der Waals surface area contributed by atoms with Crippen LogP contribution in [-0.4, -0.2) is 21.1 Å². The van der Waals surface area contributed by atoms with Crippen LogP contribution >= 0.6 is 0 Å². The standard InChI is InChI=1S/C13H18N4/c1-12(13-3-6-14-7-4-13)16-5-2-9-17-10-8-15-11-17/h3-4,6-8,10-12,16H,2,5,9H2,1H3. The highest BCUT2D eigenvalue weighted by atomic mass is 15.0. The summed E-state index contributed by atoms with van der Waals surface area (Å²) >= 11 is 0. The lowest BCUT2D eigenvalue weighted by molar-refractivity contribution is 0.526. The van der Waals surface area contributed by atoms with Gasteiger partial charge in [-0.05, 0) is 37.6 Å². The smallest absolute Gasteiger partial charge is 0.0945 e. The Bertz CT molecular complexity index is 410. The van der Waals surface area contributed by atoms with Crippen LogP contribution in [0, 0.1) is 0 Å². The van der Waals surface area contributed by atoms with Crippen LogP contribution in [0.1, 0.15) is 24.9 Å². The second kappa shape index (κ2) is 6.15. The van der Waals surface area contributed by atoms with Gasteiger partial charge in [0.2, 0.25) is 0 Å². The quantitative estimate of drug-likeness (QED) is 0.772. The molecule has 0 aromatic carbocycles. The van der Waals surface area contributed by atoms with Crippen molar-refractivity contribution >= 4 is 0 Å². The molecule has 4 nitrogen and oxygen atoms in total. The van der Waals surface area contributed by atoms with Crippen LogP contribution in [0.5, 0.6) is 0 Å². The summed E-state index contributed by atoms with van der Waals surface area (Å²) in [5, 5.41) is 3.50. The first-order valence-electron chi connectivity index (χ1n) is 5.95. The second-order valence-corrected chi connectivity index (χ2v) is 4.11. The average Bonchev–Trinajstić information content (AvgIpc) is 2.88. The number of hydrogen-bond donors (Lipinski definition) is 1. The fraction of sp³-hybridized carbons (Fsp3) is 0.385. The van der Waals surface area contributed by atoms with Crippen molar-refractivity contribution in [2.24, 2.45) is 0 Å². The van der Waals surface area contributed by atoms with Crippen molar-refractivity contribution in [3.05, 3.63) is 48.8 Å². The van der Waals surface area contributed by atoms with Gasteiger partial charge < -0.3 is 9.88 Å². The van der Waals surface area contributed by atoms with Crippen molar-refractivity contribution in [3.63, 3.8) is 0 Å². The van der Waals surface area contributed by atoms with E-state index in [1.165, 1.54) is 5.56 Å². The SMILES string of the molecule is CC(NCCCn1ccnc1)c1ccncc1. The summed E-state index contributed by atoms with van der Waals surface area (Å²) in [6, 6.07) is 4.47. The van der Waals surface area contributed by atoms with E-state index in [1.54, 1.807) is 0 Å². The molecule has 2 aromatic rings. The number of aromatic nitrogens is 3. The van der Waals surface area contributed by atoms with E-state index in [-0.39, 0.29) is 0 Å². The van der Waals surface area contributed by atoms with E-state index in [1.807, 2.05) is 43.2 Å². The third kappa shape index (κ3) is 3.67. The molecule has 2 rings (SSSR count). The van der Waals surface area contributed by atoms with Crippen LogP contribution in [0.15, 0.2) is 43.2 Å². The van der Waals surface area contributed by atoms with Crippen molar-refractivity contribution in [3.8, 4) is 0 Å². The highest BCUT2D eigenvalue weighted by Gasteiger charge is 2.02. The molecule has 17 heavy (non-hydrogen) atoms. The summed E-state index contributed by atoms with van der Waals surface area (Å²) in [6.45, 7) is 4.18. The Balaban J connectivity index is 1.68. The topological polar surface area (TPSA) is 42.7 Å². The summed E-state index contributed by atoms with van der Waals surface area (Å²) in [5.74, 6) is 0. The molecule has 4 heteroatoms. The van der Waals surface area contributed by atoms with Crippen LogP contribution in [0.3, 0.4) is 0 Å². The predicted octanol–water partition coefficient (Wildman–Crippen LogP) is 2.02. The van der Waals surface area contributed by atoms with E-state index >= 15 is 0 Å². The molecule has 90 valence electrons. The van der Waals surface area contributed by atoms with Gasteiger partial charge in [0.25, 0.3) is 0 Å². The Kier molecular flexibility index (Phi) is 4.27. The molecular weight excluding hydrogens is 212 g/mol. The number of pyridine rings is 1. The zero-order valence-electron chi connectivity index (χ0n) is 10.1. The Morgan fingerprint density at radius 3 is 2.76 bits per heavy atom. The molecule has 0 amide bonds. The molecule has 0 bridgehead atoms. The van der Waals surface area contributed by atoms with Gasteiger partial charge in [0.05, 0.1) is 6.33 Å². The lowest BCUT2D eigenvalue weighted by Crippen LogP contribution is -2.20. The first-order chi connectivity index (χ1) is 8.36. The van der Waals surface area contributed by atoms with E-state index in [9.17, 15) is 0 Å². The lowest BCUT2D eigenvalue weighted by atomic mass is 10.1. The van der Waals surface area contributed by atoms with Crippen LogP contribution in [-0.2, 0) is 6.54 Å². The third-order valence-electron chi connectivity index (χ3n) is 2.81. The van der Waals surface area contributed by atoms with Gasteiger partial charge in [-0.15, -0.1) is 0 Å². The number of hydrogen-bond acceptors (Lipinski definition) is 3. The molecule has 2 heterocycles. The van der Waals surface area contributed by atoms with E-state index < -0.39 is 0 Å². The zero-order valence-corrected chi connectivity index (χ0v) is 10.1. The Hall–Kier alpha value is -1.68. The van der Waals surface area contributed by atoms with Gasteiger partial charge in [-0.1, -0.05) is 0 Å². The van der Waals surface area contributed by atoms with Crippen molar-refractivity contribution < 1.29 is 0 Å². The summed E-state index contributed by atoms with van der Waals surface area (Å²) in [4.78, 5) is 8.04. The molecule has 1 unspecified atom stereocenters. The maximum Gasteiger partial charge on any atom is 0.0945 e. The summed E-state index contributed by atoms with van der Waals surface area (Å²) in [5.41, 5.74) is 1.28. The monoisotopic (exact) mass is 230 g/mol. The molecule has 1 N–H and O–H groups in total. The highest BCUT2D eigenvalue weighted by molar-refractivity contribution is 5.13. The number of rotatable bonds is 6. The fourth-order valence-electron chi connectivity index (χ4n) is 1.77. The molecule has 0 spiro atoms. The molecule has 0 radical (unpaired) electrons. The Morgan fingerprint density at radius 1 is 1.24 bits per heavy atom. The molecule has 0 saturated carbocycles. The van der Waals surface area contributed by atoms with E-state index in [2.05, 4.69) is 26.8 Å².